The Morgan fingerprint density at radius 2 is 1.74 bits per heavy atom. The molecule has 152 valence electrons. The molecule has 0 unspecified atom stereocenters. The van der Waals surface area contributed by atoms with Crippen LogP contribution < -0.4 is 10.2 Å². The molecule has 0 saturated carbocycles. The highest BCUT2D eigenvalue weighted by Gasteiger charge is 2.12. The van der Waals surface area contributed by atoms with Crippen LogP contribution in [0, 0.1) is 0 Å². The zero-order valence-corrected chi connectivity index (χ0v) is 16.6. The smallest absolute Gasteiger partial charge is 0.411 e. The van der Waals surface area contributed by atoms with Crippen LogP contribution in [0.1, 0.15) is 0 Å². The first-order chi connectivity index (χ1) is 15.1. The summed E-state index contributed by atoms with van der Waals surface area (Å²) in [7, 11) is 1.50. The summed E-state index contributed by atoms with van der Waals surface area (Å²) in [5, 5.41) is 19.8. The van der Waals surface area contributed by atoms with Gasteiger partial charge in [-0.25, -0.2) is 14.5 Å². The summed E-state index contributed by atoms with van der Waals surface area (Å²) in [6.07, 6.45) is 2.46. The highest BCUT2D eigenvalue weighted by atomic mass is 16.4. The number of fused-ring (bicyclic) bond motifs is 2. The average molecular weight is 410 g/mol. The fraction of sp³-hybridized carbons (Fsp3) is 0.0435. The third-order valence-corrected chi connectivity index (χ3v) is 5.10. The van der Waals surface area contributed by atoms with Crippen LogP contribution in [0.4, 0.5) is 22.1 Å². The van der Waals surface area contributed by atoms with Crippen molar-refractivity contribution in [1.29, 1.82) is 0 Å². The largest absolute Gasteiger partial charge is 0.465 e. The second-order valence-corrected chi connectivity index (χ2v) is 7.04. The fourth-order valence-corrected chi connectivity index (χ4v) is 3.45. The first kappa shape index (κ1) is 18.6. The van der Waals surface area contributed by atoms with E-state index in [9.17, 15) is 4.79 Å². The molecule has 0 aliphatic carbocycles. The highest BCUT2D eigenvalue weighted by Crippen LogP contribution is 2.25. The molecule has 0 spiro atoms. The molecule has 5 aromatic rings. The first-order valence-corrected chi connectivity index (χ1v) is 9.63. The van der Waals surface area contributed by atoms with E-state index < -0.39 is 6.09 Å². The molecular weight excluding hydrogens is 392 g/mol. The summed E-state index contributed by atoms with van der Waals surface area (Å²) < 4.78 is 1.81. The van der Waals surface area contributed by atoms with Gasteiger partial charge in [0.15, 0.2) is 5.65 Å². The van der Waals surface area contributed by atoms with Gasteiger partial charge in [0.05, 0.1) is 17.3 Å². The van der Waals surface area contributed by atoms with Gasteiger partial charge in [-0.2, -0.15) is 10.1 Å². The lowest BCUT2D eigenvalue weighted by atomic mass is 10.1. The fourth-order valence-electron chi connectivity index (χ4n) is 3.45. The van der Waals surface area contributed by atoms with Gasteiger partial charge >= 0.3 is 6.09 Å². The lowest BCUT2D eigenvalue weighted by molar-refractivity contribution is 0.203. The Labute approximate surface area is 177 Å². The summed E-state index contributed by atoms with van der Waals surface area (Å²) in [6, 6.07) is 21.2. The number of rotatable bonds is 4. The normalized spacial score (nSPS) is 11.0. The van der Waals surface area contributed by atoms with E-state index in [4.69, 9.17) is 5.11 Å². The molecule has 8 heteroatoms. The second kappa shape index (κ2) is 7.42. The Bertz CT molecular complexity index is 1410. The summed E-state index contributed by atoms with van der Waals surface area (Å²) in [5.41, 5.74) is 2.96. The number of carbonyl (C=O) groups is 1. The van der Waals surface area contributed by atoms with E-state index in [1.165, 1.54) is 7.05 Å². The van der Waals surface area contributed by atoms with Crippen molar-refractivity contribution in [2.45, 2.75) is 0 Å². The van der Waals surface area contributed by atoms with Crippen molar-refractivity contribution in [3.63, 3.8) is 0 Å². The zero-order chi connectivity index (χ0) is 21.4. The quantitative estimate of drug-likeness (QED) is 0.441. The molecule has 0 radical (unpaired) electrons. The Kier molecular flexibility index (Phi) is 4.44. The molecule has 2 N–H and O–H groups in total. The molecule has 0 fully saturated rings. The first-order valence-electron chi connectivity index (χ1n) is 9.63. The third kappa shape index (κ3) is 3.40. The minimum absolute atomic E-state index is 0.425. The highest BCUT2D eigenvalue weighted by molar-refractivity contribution is 5.92. The number of hydrogen-bond donors (Lipinski definition) is 2. The van der Waals surface area contributed by atoms with Crippen molar-refractivity contribution >= 4 is 45.2 Å². The van der Waals surface area contributed by atoms with Gasteiger partial charge < -0.3 is 10.4 Å². The maximum Gasteiger partial charge on any atom is 0.411 e. The van der Waals surface area contributed by atoms with Gasteiger partial charge in [0.25, 0.3) is 0 Å². The predicted molar refractivity (Wildman–Crippen MR) is 120 cm³/mol. The molecule has 3 aromatic carbocycles. The van der Waals surface area contributed by atoms with Gasteiger partial charge in [-0.3, -0.25) is 4.90 Å². The molecule has 8 nitrogen and oxygen atoms in total. The number of aromatic nitrogens is 4. The van der Waals surface area contributed by atoms with Crippen LogP contribution in [-0.2, 0) is 0 Å². The summed E-state index contributed by atoms with van der Waals surface area (Å²) in [5.74, 6) is 0.425. The van der Waals surface area contributed by atoms with Crippen LogP contribution in [0.15, 0.2) is 79.1 Å². The Morgan fingerprint density at radius 3 is 2.55 bits per heavy atom. The van der Waals surface area contributed by atoms with Crippen LogP contribution in [0.25, 0.3) is 27.5 Å². The maximum atomic E-state index is 11.1. The van der Waals surface area contributed by atoms with Gasteiger partial charge in [-0.1, -0.05) is 36.4 Å². The van der Waals surface area contributed by atoms with Crippen molar-refractivity contribution in [1.82, 2.24) is 19.7 Å². The monoisotopic (exact) mass is 410 g/mol. The van der Waals surface area contributed by atoms with E-state index >= 15 is 0 Å². The van der Waals surface area contributed by atoms with Gasteiger partial charge in [-0.15, -0.1) is 0 Å². The molecule has 0 atom stereocenters. The second-order valence-electron chi connectivity index (χ2n) is 7.04. The molecule has 31 heavy (non-hydrogen) atoms. The summed E-state index contributed by atoms with van der Waals surface area (Å²) >= 11 is 0. The van der Waals surface area contributed by atoms with Crippen LogP contribution in [-0.4, -0.2) is 38.0 Å². The number of nitrogens with zero attached hydrogens (tertiary/aromatic N) is 5. The zero-order valence-electron chi connectivity index (χ0n) is 16.6. The number of amides is 1. The van der Waals surface area contributed by atoms with Crippen LogP contribution in [0.2, 0.25) is 0 Å². The van der Waals surface area contributed by atoms with Crippen LogP contribution in [0.5, 0.6) is 0 Å². The molecule has 0 saturated heterocycles. The van der Waals surface area contributed by atoms with Crippen LogP contribution in [0.3, 0.4) is 0 Å². The van der Waals surface area contributed by atoms with Crippen molar-refractivity contribution in [3.8, 4) is 5.69 Å². The van der Waals surface area contributed by atoms with E-state index in [2.05, 4.69) is 38.6 Å². The minimum Gasteiger partial charge on any atom is -0.465 e. The Hall–Kier alpha value is -4.46. The van der Waals surface area contributed by atoms with Crippen molar-refractivity contribution in [3.05, 3.63) is 79.1 Å². The van der Waals surface area contributed by atoms with E-state index in [1.54, 1.807) is 36.7 Å². The summed E-state index contributed by atoms with van der Waals surface area (Å²) in [6.45, 7) is 0. The summed E-state index contributed by atoms with van der Waals surface area (Å²) in [4.78, 5) is 21.3. The number of benzene rings is 3. The Morgan fingerprint density at radius 1 is 0.968 bits per heavy atom. The average Bonchev–Trinajstić information content (AvgIpc) is 3.22. The topological polar surface area (TPSA) is 96.2 Å². The van der Waals surface area contributed by atoms with E-state index in [0.29, 0.717) is 17.3 Å². The minimum atomic E-state index is -1.02. The molecular formula is C23H18N6O2. The number of carboxylic acid groups (broad SMARTS) is 1. The molecule has 0 bridgehead atoms. The van der Waals surface area contributed by atoms with Crippen molar-refractivity contribution in [2.24, 2.45) is 0 Å². The predicted octanol–water partition coefficient (Wildman–Crippen LogP) is 4.83. The van der Waals surface area contributed by atoms with E-state index in [0.717, 1.165) is 32.4 Å². The van der Waals surface area contributed by atoms with Gasteiger partial charge in [-0.05, 0) is 35.7 Å². The van der Waals surface area contributed by atoms with Crippen molar-refractivity contribution in [2.75, 3.05) is 17.3 Å². The standard InChI is InChI=1S/C23H18N6O2/c1-28(23(30)31)18-11-9-17(10-12-18)26-22-24-13-16-14-25-29(21(16)27-22)20-8-4-6-15-5-2-3-7-19(15)20/h2-14H,1H3,(H,30,31)(H,24,26,27). The van der Waals surface area contributed by atoms with Gasteiger partial charge in [0.1, 0.15) is 0 Å². The molecule has 1 amide bonds. The van der Waals surface area contributed by atoms with E-state index in [1.807, 2.05) is 28.9 Å². The lowest BCUT2D eigenvalue weighted by Crippen LogP contribution is -2.23. The Balaban J connectivity index is 1.50. The maximum absolute atomic E-state index is 11.1. The van der Waals surface area contributed by atoms with Gasteiger partial charge in [0.2, 0.25) is 5.95 Å². The molecule has 0 aliphatic rings. The SMILES string of the molecule is CN(C(=O)O)c1ccc(Nc2ncc3cnn(-c4cccc5ccccc45)c3n2)cc1. The molecule has 2 aromatic heterocycles. The van der Waals surface area contributed by atoms with Gasteiger partial charge in [0, 0.05) is 30.0 Å². The number of anilines is 3. The molecule has 2 heterocycles. The third-order valence-electron chi connectivity index (χ3n) is 5.10. The number of nitrogens with one attached hydrogen (secondary N) is 1. The lowest BCUT2D eigenvalue weighted by Gasteiger charge is -2.13. The van der Waals surface area contributed by atoms with Crippen molar-refractivity contribution < 1.29 is 9.90 Å². The molecule has 5 rings (SSSR count). The van der Waals surface area contributed by atoms with E-state index in [-0.39, 0.29) is 0 Å². The van der Waals surface area contributed by atoms with Crippen LogP contribution >= 0.6 is 0 Å². The molecule has 0 aliphatic heterocycles. The number of hydrogen-bond acceptors (Lipinski definition) is 5.